The number of aryl methyl sites for hydroxylation is 1. The van der Waals surface area contributed by atoms with Gasteiger partial charge in [0.1, 0.15) is 0 Å². The molecule has 0 aliphatic heterocycles. The number of aromatic nitrogens is 2. The molecule has 1 amide bonds. The summed E-state index contributed by atoms with van der Waals surface area (Å²) < 4.78 is 0. The van der Waals surface area contributed by atoms with Crippen molar-refractivity contribution in [1.82, 2.24) is 15.3 Å². The molecule has 0 fully saturated rings. The summed E-state index contributed by atoms with van der Waals surface area (Å²) in [6.45, 7) is 4.97. The largest absolute Gasteiger partial charge is 0.350 e. The lowest BCUT2D eigenvalue weighted by molar-refractivity contribution is -0.121. The summed E-state index contributed by atoms with van der Waals surface area (Å²) >= 11 is 0. The van der Waals surface area contributed by atoms with E-state index in [9.17, 15) is 4.79 Å². The SMILES string of the molecule is Cc1cnc(CNC(=O)CCC(C)CN)cn1. The van der Waals surface area contributed by atoms with Gasteiger partial charge in [0.05, 0.1) is 24.1 Å². The minimum atomic E-state index is 0.0349. The summed E-state index contributed by atoms with van der Waals surface area (Å²) in [5.74, 6) is 0.424. The maximum atomic E-state index is 11.5. The highest BCUT2D eigenvalue weighted by Crippen LogP contribution is 2.03. The Morgan fingerprint density at radius 2 is 2.24 bits per heavy atom. The molecule has 17 heavy (non-hydrogen) atoms. The predicted molar refractivity (Wildman–Crippen MR) is 66.1 cm³/mol. The Morgan fingerprint density at radius 1 is 1.47 bits per heavy atom. The Bertz CT molecular complexity index is 350. The van der Waals surface area contributed by atoms with Crippen LogP contribution in [0.2, 0.25) is 0 Å². The number of hydrogen-bond donors (Lipinski definition) is 2. The average Bonchev–Trinajstić information content (AvgIpc) is 2.35. The molecule has 0 saturated heterocycles. The third kappa shape index (κ3) is 5.40. The van der Waals surface area contributed by atoms with E-state index in [0.717, 1.165) is 17.8 Å². The van der Waals surface area contributed by atoms with Crippen LogP contribution < -0.4 is 11.1 Å². The Kier molecular flexibility index (Phi) is 5.56. The van der Waals surface area contributed by atoms with Crippen molar-refractivity contribution < 1.29 is 4.79 Å². The monoisotopic (exact) mass is 236 g/mol. The van der Waals surface area contributed by atoms with E-state index in [2.05, 4.69) is 15.3 Å². The van der Waals surface area contributed by atoms with Gasteiger partial charge in [-0.25, -0.2) is 0 Å². The van der Waals surface area contributed by atoms with Crippen LogP contribution >= 0.6 is 0 Å². The van der Waals surface area contributed by atoms with Crippen LogP contribution in [0.3, 0.4) is 0 Å². The summed E-state index contributed by atoms with van der Waals surface area (Å²) in [5.41, 5.74) is 7.13. The highest BCUT2D eigenvalue weighted by atomic mass is 16.1. The molecule has 1 aromatic heterocycles. The van der Waals surface area contributed by atoms with Crippen molar-refractivity contribution in [3.05, 3.63) is 23.8 Å². The number of hydrogen-bond acceptors (Lipinski definition) is 4. The molecule has 0 saturated carbocycles. The van der Waals surface area contributed by atoms with E-state index in [0.29, 0.717) is 25.4 Å². The molecular weight excluding hydrogens is 216 g/mol. The quantitative estimate of drug-likeness (QED) is 0.764. The van der Waals surface area contributed by atoms with Crippen LogP contribution in [0, 0.1) is 12.8 Å². The van der Waals surface area contributed by atoms with Crippen LogP contribution in [-0.2, 0) is 11.3 Å². The fourth-order valence-electron chi connectivity index (χ4n) is 1.28. The van der Waals surface area contributed by atoms with Gasteiger partial charge in [-0.1, -0.05) is 6.92 Å². The molecule has 0 aliphatic rings. The Morgan fingerprint density at radius 3 is 2.82 bits per heavy atom. The second-order valence-electron chi connectivity index (χ2n) is 4.31. The van der Waals surface area contributed by atoms with Gasteiger partial charge in [0.2, 0.25) is 5.91 Å². The van der Waals surface area contributed by atoms with Crippen LogP contribution in [0.1, 0.15) is 31.2 Å². The van der Waals surface area contributed by atoms with Crippen molar-refractivity contribution in [3.8, 4) is 0 Å². The first kappa shape index (κ1) is 13.6. The van der Waals surface area contributed by atoms with E-state index in [1.54, 1.807) is 12.4 Å². The van der Waals surface area contributed by atoms with Crippen LogP contribution in [0.25, 0.3) is 0 Å². The first-order valence-electron chi connectivity index (χ1n) is 5.86. The van der Waals surface area contributed by atoms with Gasteiger partial charge in [0.15, 0.2) is 0 Å². The van der Waals surface area contributed by atoms with E-state index in [1.165, 1.54) is 0 Å². The Hall–Kier alpha value is -1.49. The van der Waals surface area contributed by atoms with Gasteiger partial charge in [-0.15, -0.1) is 0 Å². The molecule has 5 heteroatoms. The van der Waals surface area contributed by atoms with Gasteiger partial charge in [0.25, 0.3) is 0 Å². The first-order chi connectivity index (χ1) is 8.11. The molecule has 1 aromatic rings. The second-order valence-corrected chi connectivity index (χ2v) is 4.31. The predicted octanol–water partition coefficient (Wildman–Crippen LogP) is 0.776. The second kappa shape index (κ2) is 6.96. The topological polar surface area (TPSA) is 80.9 Å². The molecular formula is C12H20N4O. The molecule has 3 N–H and O–H groups in total. The lowest BCUT2D eigenvalue weighted by atomic mass is 10.1. The van der Waals surface area contributed by atoms with E-state index < -0.39 is 0 Å². The van der Waals surface area contributed by atoms with E-state index in [4.69, 9.17) is 5.73 Å². The number of nitrogens with one attached hydrogen (secondary N) is 1. The van der Waals surface area contributed by atoms with Crippen molar-refractivity contribution in [2.75, 3.05) is 6.54 Å². The van der Waals surface area contributed by atoms with Crippen LogP contribution in [0.15, 0.2) is 12.4 Å². The minimum absolute atomic E-state index is 0.0349. The van der Waals surface area contributed by atoms with E-state index in [1.807, 2.05) is 13.8 Å². The molecule has 5 nitrogen and oxygen atoms in total. The van der Waals surface area contributed by atoms with Gasteiger partial charge in [0, 0.05) is 12.6 Å². The van der Waals surface area contributed by atoms with Crippen molar-refractivity contribution in [1.29, 1.82) is 0 Å². The molecule has 1 heterocycles. The number of rotatable bonds is 6. The normalized spacial score (nSPS) is 12.2. The lowest BCUT2D eigenvalue weighted by Gasteiger charge is -2.08. The zero-order valence-corrected chi connectivity index (χ0v) is 10.4. The summed E-state index contributed by atoms with van der Waals surface area (Å²) in [6.07, 6.45) is 4.70. The molecule has 0 aliphatic carbocycles. The number of nitrogens with two attached hydrogens (primary N) is 1. The van der Waals surface area contributed by atoms with E-state index >= 15 is 0 Å². The number of carbonyl (C=O) groups excluding carboxylic acids is 1. The fraction of sp³-hybridized carbons (Fsp3) is 0.583. The third-order valence-corrected chi connectivity index (χ3v) is 2.57. The highest BCUT2D eigenvalue weighted by molar-refractivity contribution is 5.75. The van der Waals surface area contributed by atoms with Crippen molar-refractivity contribution in [3.63, 3.8) is 0 Å². The standard InChI is InChI=1S/C12H20N4O/c1-9(5-13)3-4-12(17)16-8-11-7-14-10(2)6-15-11/h6-7,9H,3-5,8,13H2,1-2H3,(H,16,17). The molecule has 0 spiro atoms. The maximum absolute atomic E-state index is 11.5. The van der Waals surface area contributed by atoms with Crippen LogP contribution in [-0.4, -0.2) is 22.4 Å². The van der Waals surface area contributed by atoms with Crippen LogP contribution in [0.5, 0.6) is 0 Å². The fourth-order valence-corrected chi connectivity index (χ4v) is 1.28. The molecule has 0 aromatic carbocycles. The van der Waals surface area contributed by atoms with Gasteiger partial charge < -0.3 is 11.1 Å². The van der Waals surface area contributed by atoms with Gasteiger partial charge in [-0.3, -0.25) is 14.8 Å². The summed E-state index contributed by atoms with van der Waals surface area (Å²) in [7, 11) is 0. The average molecular weight is 236 g/mol. The molecule has 1 rings (SSSR count). The number of carbonyl (C=O) groups is 1. The van der Waals surface area contributed by atoms with Gasteiger partial charge >= 0.3 is 0 Å². The van der Waals surface area contributed by atoms with Crippen LogP contribution in [0.4, 0.5) is 0 Å². The highest BCUT2D eigenvalue weighted by Gasteiger charge is 2.05. The lowest BCUT2D eigenvalue weighted by Crippen LogP contribution is -2.24. The van der Waals surface area contributed by atoms with Crippen molar-refractivity contribution in [2.24, 2.45) is 11.7 Å². The molecule has 94 valence electrons. The van der Waals surface area contributed by atoms with Gasteiger partial charge in [-0.05, 0) is 25.8 Å². The smallest absolute Gasteiger partial charge is 0.220 e. The molecule has 1 unspecified atom stereocenters. The summed E-state index contributed by atoms with van der Waals surface area (Å²) in [5, 5.41) is 2.82. The zero-order valence-electron chi connectivity index (χ0n) is 10.4. The molecule has 0 bridgehead atoms. The minimum Gasteiger partial charge on any atom is -0.350 e. The molecule has 1 atom stereocenters. The number of amides is 1. The maximum Gasteiger partial charge on any atom is 0.220 e. The first-order valence-corrected chi connectivity index (χ1v) is 5.86. The third-order valence-electron chi connectivity index (χ3n) is 2.57. The molecule has 0 radical (unpaired) electrons. The Balaban J connectivity index is 2.26. The summed E-state index contributed by atoms with van der Waals surface area (Å²) in [4.78, 5) is 19.8. The van der Waals surface area contributed by atoms with Crippen molar-refractivity contribution in [2.45, 2.75) is 33.2 Å². The van der Waals surface area contributed by atoms with Crippen molar-refractivity contribution >= 4 is 5.91 Å². The van der Waals surface area contributed by atoms with E-state index in [-0.39, 0.29) is 5.91 Å². The number of nitrogens with zero attached hydrogens (tertiary/aromatic N) is 2. The summed E-state index contributed by atoms with van der Waals surface area (Å²) in [6, 6.07) is 0. The van der Waals surface area contributed by atoms with Gasteiger partial charge in [-0.2, -0.15) is 0 Å². The Labute approximate surface area is 102 Å². The zero-order chi connectivity index (χ0) is 12.7.